The lowest BCUT2D eigenvalue weighted by molar-refractivity contribution is -0.162. The molecule has 3 aromatic rings. The Hall–Kier alpha value is -3.97. The number of likely N-dealkylation sites (tertiary alicyclic amines) is 2. The summed E-state index contributed by atoms with van der Waals surface area (Å²) in [6, 6.07) is 4.93. The van der Waals surface area contributed by atoms with Crippen LogP contribution in [0.5, 0.6) is 0 Å². The van der Waals surface area contributed by atoms with Gasteiger partial charge in [-0.05, 0) is 49.4 Å². The zero-order chi connectivity index (χ0) is 29.5. The van der Waals surface area contributed by atoms with E-state index in [-0.39, 0.29) is 43.2 Å². The van der Waals surface area contributed by atoms with Crippen molar-refractivity contribution in [2.75, 3.05) is 26.2 Å². The summed E-state index contributed by atoms with van der Waals surface area (Å²) in [5.74, 6) is -4.11. The van der Waals surface area contributed by atoms with Crippen molar-refractivity contribution in [1.82, 2.24) is 29.2 Å². The molecule has 0 aliphatic carbocycles. The predicted octanol–water partition coefficient (Wildman–Crippen LogP) is 3.70. The van der Waals surface area contributed by atoms with Gasteiger partial charge in [0.25, 0.3) is 0 Å². The van der Waals surface area contributed by atoms with Crippen LogP contribution in [-0.4, -0.2) is 74.3 Å². The number of piperidine rings is 1. The second-order valence-corrected chi connectivity index (χ2v) is 10.5. The smallest absolute Gasteiger partial charge is 0.331 e. The Morgan fingerprint density at radius 2 is 1.78 bits per heavy atom. The molecule has 2 fully saturated rings. The molecule has 2 atom stereocenters. The van der Waals surface area contributed by atoms with Gasteiger partial charge in [-0.1, -0.05) is 12.1 Å². The molecule has 0 bridgehead atoms. The maximum atomic E-state index is 14.5. The summed E-state index contributed by atoms with van der Waals surface area (Å²) in [7, 11) is 1.63. The van der Waals surface area contributed by atoms with E-state index in [0.29, 0.717) is 28.9 Å². The fourth-order valence-corrected chi connectivity index (χ4v) is 5.85. The summed E-state index contributed by atoms with van der Waals surface area (Å²) in [4.78, 5) is 45.4. The number of pyridine rings is 1. The average molecular weight is 581 g/mol. The van der Waals surface area contributed by atoms with Gasteiger partial charge in [0.15, 0.2) is 17.3 Å². The predicted molar refractivity (Wildman–Crippen MR) is 138 cm³/mol. The minimum absolute atomic E-state index is 0.0472. The van der Waals surface area contributed by atoms with E-state index in [1.165, 1.54) is 21.6 Å². The van der Waals surface area contributed by atoms with Crippen molar-refractivity contribution in [2.45, 2.75) is 49.9 Å². The first-order valence-electron chi connectivity index (χ1n) is 13.3. The lowest BCUT2D eigenvalue weighted by Crippen LogP contribution is -2.54. The minimum Gasteiger partial charge on any atom is -0.331 e. The standard InChI is InChI=1S/C27H29F5N6O3/c1-35-23-21(6-3-11-33-23)38(26(35)41)17-9-12-36(13-10-17)25(40)34-20-8-7-16(18-4-2-5-19(28)22(18)29)14-37(24(20)39)15-27(30,31)32/h2-6,11,16-17,20H,7-10,12-15H2,1H3,(H,34,40)/t16-,20-/m1/s1. The van der Waals surface area contributed by atoms with Gasteiger partial charge in [0, 0.05) is 44.8 Å². The first-order chi connectivity index (χ1) is 19.4. The van der Waals surface area contributed by atoms with Crippen molar-refractivity contribution < 1.29 is 31.5 Å². The first kappa shape index (κ1) is 28.6. The van der Waals surface area contributed by atoms with Gasteiger partial charge in [0.1, 0.15) is 12.6 Å². The molecule has 2 aliphatic rings. The van der Waals surface area contributed by atoms with Gasteiger partial charge in [-0.2, -0.15) is 13.2 Å². The summed E-state index contributed by atoms with van der Waals surface area (Å²) < 4.78 is 71.5. The van der Waals surface area contributed by atoms with Crippen molar-refractivity contribution in [3.05, 3.63) is 64.2 Å². The topological polar surface area (TPSA) is 92.5 Å². The third-order valence-corrected chi connectivity index (χ3v) is 7.90. The number of benzene rings is 1. The molecule has 0 saturated carbocycles. The second-order valence-electron chi connectivity index (χ2n) is 10.5. The average Bonchev–Trinajstić information content (AvgIpc) is 3.10. The number of nitrogens with one attached hydrogen (secondary N) is 1. The number of carbonyl (C=O) groups excluding carboxylic acids is 2. The van der Waals surface area contributed by atoms with Gasteiger partial charge in [-0.15, -0.1) is 0 Å². The van der Waals surface area contributed by atoms with Crippen LogP contribution in [0.3, 0.4) is 0 Å². The number of halogens is 5. The van der Waals surface area contributed by atoms with E-state index in [1.54, 1.807) is 29.9 Å². The fourth-order valence-electron chi connectivity index (χ4n) is 5.85. The van der Waals surface area contributed by atoms with Gasteiger partial charge in [0.2, 0.25) is 5.91 Å². The van der Waals surface area contributed by atoms with Crippen LogP contribution in [0.15, 0.2) is 41.3 Å². The highest BCUT2D eigenvalue weighted by Crippen LogP contribution is 2.32. The third kappa shape index (κ3) is 5.77. The van der Waals surface area contributed by atoms with Crippen LogP contribution >= 0.6 is 0 Å². The molecule has 2 saturated heterocycles. The molecular formula is C27H29F5N6O3. The second kappa shape index (κ2) is 11.1. The van der Waals surface area contributed by atoms with E-state index in [9.17, 15) is 36.3 Å². The van der Waals surface area contributed by atoms with Gasteiger partial charge >= 0.3 is 17.9 Å². The van der Waals surface area contributed by atoms with Crippen molar-refractivity contribution in [2.24, 2.45) is 7.05 Å². The van der Waals surface area contributed by atoms with Crippen molar-refractivity contribution >= 4 is 23.1 Å². The van der Waals surface area contributed by atoms with E-state index >= 15 is 0 Å². The molecular weight excluding hydrogens is 551 g/mol. The highest BCUT2D eigenvalue weighted by molar-refractivity contribution is 5.87. The minimum atomic E-state index is -4.73. The molecule has 2 aromatic heterocycles. The lowest BCUT2D eigenvalue weighted by Gasteiger charge is -2.34. The highest BCUT2D eigenvalue weighted by Gasteiger charge is 2.40. The molecule has 41 heavy (non-hydrogen) atoms. The number of hydrogen-bond acceptors (Lipinski definition) is 4. The van der Waals surface area contributed by atoms with Crippen molar-refractivity contribution in [3.8, 4) is 0 Å². The Kier molecular flexibility index (Phi) is 7.75. The van der Waals surface area contributed by atoms with Crippen LogP contribution in [0.25, 0.3) is 11.2 Å². The van der Waals surface area contributed by atoms with Crippen molar-refractivity contribution in [3.63, 3.8) is 0 Å². The number of imidazole rings is 1. The van der Waals surface area contributed by atoms with Crippen LogP contribution in [-0.2, 0) is 11.8 Å². The quantitative estimate of drug-likeness (QED) is 0.477. The van der Waals surface area contributed by atoms with Gasteiger partial charge in [-0.3, -0.25) is 13.9 Å². The zero-order valence-electron chi connectivity index (χ0n) is 22.2. The number of fused-ring (bicyclic) bond motifs is 1. The molecule has 220 valence electrons. The molecule has 0 unspecified atom stereocenters. The Balaban J connectivity index is 1.28. The third-order valence-electron chi connectivity index (χ3n) is 7.90. The lowest BCUT2D eigenvalue weighted by atomic mass is 9.93. The number of aryl methyl sites for hydroxylation is 1. The number of rotatable bonds is 4. The molecule has 9 nitrogen and oxygen atoms in total. The number of hydrogen-bond donors (Lipinski definition) is 1. The molecule has 14 heteroatoms. The van der Waals surface area contributed by atoms with Crippen molar-refractivity contribution in [1.29, 1.82) is 0 Å². The highest BCUT2D eigenvalue weighted by atomic mass is 19.4. The van der Waals surface area contributed by atoms with Crippen LogP contribution in [0, 0.1) is 11.6 Å². The molecule has 2 aliphatic heterocycles. The van der Waals surface area contributed by atoms with Gasteiger partial charge in [0.05, 0.1) is 5.52 Å². The van der Waals surface area contributed by atoms with Gasteiger partial charge < -0.3 is 15.1 Å². The summed E-state index contributed by atoms with van der Waals surface area (Å²) >= 11 is 0. The van der Waals surface area contributed by atoms with Gasteiger partial charge in [-0.25, -0.2) is 23.4 Å². The molecule has 0 radical (unpaired) electrons. The number of alkyl halides is 3. The normalized spacial score (nSPS) is 20.9. The number of amides is 3. The monoisotopic (exact) mass is 580 g/mol. The van der Waals surface area contributed by atoms with E-state index in [1.807, 2.05) is 0 Å². The maximum Gasteiger partial charge on any atom is 0.406 e. The fraction of sp³-hybridized carbons (Fsp3) is 0.481. The zero-order valence-corrected chi connectivity index (χ0v) is 22.2. The Bertz CT molecular complexity index is 1510. The molecule has 4 heterocycles. The first-order valence-corrected chi connectivity index (χ1v) is 13.3. The summed E-state index contributed by atoms with van der Waals surface area (Å²) in [5, 5.41) is 2.57. The van der Waals surface area contributed by atoms with Crippen LogP contribution in [0.4, 0.5) is 26.7 Å². The van der Waals surface area contributed by atoms with E-state index in [0.717, 1.165) is 6.07 Å². The van der Waals surface area contributed by atoms with E-state index in [2.05, 4.69) is 10.3 Å². The number of urea groups is 1. The molecule has 1 aromatic carbocycles. The van der Waals surface area contributed by atoms with E-state index < -0.39 is 54.8 Å². The largest absolute Gasteiger partial charge is 0.406 e. The molecule has 5 rings (SSSR count). The number of nitrogens with zero attached hydrogens (tertiary/aromatic N) is 5. The van der Waals surface area contributed by atoms with Crippen LogP contribution in [0.1, 0.15) is 43.2 Å². The van der Waals surface area contributed by atoms with Crippen LogP contribution in [0.2, 0.25) is 0 Å². The SMILES string of the molecule is Cn1c(=O)n(C2CCN(C(=O)N[C@@H]3CC[C@@H](c4cccc(F)c4F)CN(CC(F)(F)F)C3=O)CC2)c2cccnc21. The molecule has 1 N–H and O–H groups in total. The Morgan fingerprint density at radius 3 is 2.49 bits per heavy atom. The number of aromatic nitrogens is 3. The molecule has 3 amide bonds. The molecule has 0 spiro atoms. The summed E-state index contributed by atoms with van der Waals surface area (Å²) in [6.45, 7) is -1.54. The van der Waals surface area contributed by atoms with E-state index in [4.69, 9.17) is 0 Å². The Labute approximate surface area is 231 Å². The number of carbonyl (C=O) groups is 2. The Morgan fingerprint density at radius 1 is 1.05 bits per heavy atom. The van der Waals surface area contributed by atoms with Crippen LogP contribution < -0.4 is 11.0 Å². The summed E-state index contributed by atoms with van der Waals surface area (Å²) in [5.41, 5.74) is 0.892. The maximum absolute atomic E-state index is 14.5. The summed E-state index contributed by atoms with van der Waals surface area (Å²) in [6.07, 6.45) is -2.22.